The Morgan fingerprint density at radius 2 is 2.33 bits per heavy atom. The highest BCUT2D eigenvalue weighted by molar-refractivity contribution is 5.36. The largest absolute Gasteiger partial charge is 0.404 e. The molecule has 0 aromatic rings. The third-order valence-electron chi connectivity index (χ3n) is 2.49. The van der Waals surface area contributed by atoms with E-state index in [9.17, 15) is 0 Å². The van der Waals surface area contributed by atoms with Crippen LogP contribution in [0.15, 0.2) is 35.6 Å². The lowest BCUT2D eigenvalue weighted by molar-refractivity contribution is 0.831. The third-order valence-corrected chi connectivity index (χ3v) is 2.49. The summed E-state index contributed by atoms with van der Waals surface area (Å²) in [4.78, 5) is 0. The van der Waals surface area contributed by atoms with Crippen LogP contribution < -0.4 is 5.73 Å². The molecule has 64 valence electrons. The zero-order valence-electron chi connectivity index (χ0n) is 7.29. The Balaban J connectivity index is 2.02. The van der Waals surface area contributed by atoms with Crippen LogP contribution in [0.3, 0.4) is 0 Å². The number of hydrogen-bond acceptors (Lipinski definition) is 1. The Bertz CT molecular complexity index is 254. The van der Waals surface area contributed by atoms with E-state index in [2.05, 4.69) is 18.2 Å². The summed E-state index contributed by atoms with van der Waals surface area (Å²) in [7, 11) is 0. The van der Waals surface area contributed by atoms with E-state index < -0.39 is 0 Å². The monoisotopic (exact) mass is 161 g/mol. The van der Waals surface area contributed by atoms with E-state index in [1.165, 1.54) is 30.4 Å². The van der Waals surface area contributed by atoms with Crippen LogP contribution in [0.4, 0.5) is 0 Å². The van der Waals surface area contributed by atoms with Crippen LogP contribution in [-0.2, 0) is 0 Å². The van der Waals surface area contributed by atoms with E-state index in [1.54, 1.807) is 6.20 Å². The highest BCUT2D eigenvalue weighted by atomic mass is 14.5. The first-order chi connectivity index (χ1) is 5.88. The van der Waals surface area contributed by atoms with Crippen LogP contribution in [0.5, 0.6) is 0 Å². The van der Waals surface area contributed by atoms with Gasteiger partial charge in [0.15, 0.2) is 0 Å². The van der Waals surface area contributed by atoms with Crippen LogP contribution in [0.25, 0.3) is 0 Å². The van der Waals surface area contributed by atoms with Crippen molar-refractivity contribution in [3.8, 4) is 0 Å². The minimum absolute atomic E-state index is 0.970. The van der Waals surface area contributed by atoms with Gasteiger partial charge in [-0.2, -0.15) is 0 Å². The van der Waals surface area contributed by atoms with Gasteiger partial charge in [0.1, 0.15) is 0 Å². The predicted molar refractivity (Wildman–Crippen MR) is 51.5 cm³/mol. The summed E-state index contributed by atoms with van der Waals surface area (Å²) in [5.41, 5.74) is 8.19. The molecular weight excluding hydrogens is 146 g/mol. The lowest BCUT2D eigenvalue weighted by Gasteiger charge is -2.07. The van der Waals surface area contributed by atoms with Gasteiger partial charge in [-0.1, -0.05) is 18.2 Å². The van der Waals surface area contributed by atoms with Crippen molar-refractivity contribution in [3.05, 3.63) is 35.6 Å². The fraction of sp³-hybridized carbons (Fsp3) is 0.455. The smallest absolute Gasteiger partial charge is 0.00264 e. The summed E-state index contributed by atoms with van der Waals surface area (Å²) in [6.07, 6.45) is 13.5. The Hall–Kier alpha value is -0.980. The lowest BCUT2D eigenvalue weighted by Crippen LogP contribution is -1.92. The molecule has 0 aromatic heterocycles. The quantitative estimate of drug-likeness (QED) is 0.661. The molecule has 2 aliphatic rings. The summed E-state index contributed by atoms with van der Waals surface area (Å²) in [5.74, 6) is 0.970. The molecule has 0 unspecified atom stereocenters. The zero-order chi connectivity index (χ0) is 8.39. The lowest BCUT2D eigenvalue weighted by atomic mass is 9.99. The topological polar surface area (TPSA) is 26.0 Å². The van der Waals surface area contributed by atoms with Gasteiger partial charge in [-0.25, -0.2) is 0 Å². The molecule has 2 N–H and O–H groups in total. The molecule has 0 amide bonds. The Labute approximate surface area is 73.6 Å². The number of rotatable bonds is 2. The summed E-state index contributed by atoms with van der Waals surface area (Å²) in [6, 6.07) is 0. The van der Waals surface area contributed by atoms with Crippen LogP contribution in [-0.4, -0.2) is 0 Å². The molecule has 1 nitrogen and oxygen atoms in total. The number of allylic oxidation sites excluding steroid dienone is 5. The average molecular weight is 161 g/mol. The second kappa shape index (κ2) is 3.18. The van der Waals surface area contributed by atoms with Gasteiger partial charge in [0.05, 0.1) is 0 Å². The van der Waals surface area contributed by atoms with E-state index in [-0.39, 0.29) is 0 Å². The van der Waals surface area contributed by atoms with Crippen molar-refractivity contribution in [1.29, 1.82) is 0 Å². The summed E-state index contributed by atoms with van der Waals surface area (Å²) in [6.45, 7) is 0. The second-order valence-electron chi connectivity index (χ2n) is 3.71. The van der Waals surface area contributed by atoms with Gasteiger partial charge >= 0.3 is 0 Å². The van der Waals surface area contributed by atoms with Crippen molar-refractivity contribution in [2.75, 3.05) is 0 Å². The highest BCUT2D eigenvalue weighted by Gasteiger charge is 2.22. The maximum Gasteiger partial charge on any atom is -0.00264 e. The van der Waals surface area contributed by atoms with Gasteiger partial charge in [-0.3, -0.25) is 0 Å². The van der Waals surface area contributed by atoms with Crippen molar-refractivity contribution in [3.63, 3.8) is 0 Å². The minimum Gasteiger partial charge on any atom is -0.404 e. The minimum atomic E-state index is 0.970. The fourth-order valence-electron chi connectivity index (χ4n) is 1.59. The van der Waals surface area contributed by atoms with Crippen LogP contribution >= 0.6 is 0 Å². The normalized spacial score (nSPS) is 26.0. The van der Waals surface area contributed by atoms with Gasteiger partial charge in [0, 0.05) is 0 Å². The molecule has 2 aliphatic carbocycles. The molecule has 1 fully saturated rings. The van der Waals surface area contributed by atoms with Crippen molar-refractivity contribution in [2.45, 2.75) is 25.7 Å². The maximum atomic E-state index is 5.47. The first-order valence-electron chi connectivity index (χ1n) is 4.66. The average Bonchev–Trinajstić information content (AvgIpc) is 2.89. The van der Waals surface area contributed by atoms with E-state index in [0.29, 0.717) is 0 Å². The zero-order valence-corrected chi connectivity index (χ0v) is 7.29. The second-order valence-corrected chi connectivity index (χ2v) is 3.71. The molecule has 12 heavy (non-hydrogen) atoms. The fourth-order valence-corrected chi connectivity index (χ4v) is 1.59. The molecule has 0 aliphatic heterocycles. The molecule has 1 saturated carbocycles. The molecule has 2 rings (SSSR count). The van der Waals surface area contributed by atoms with Crippen molar-refractivity contribution >= 4 is 0 Å². The highest BCUT2D eigenvalue weighted by Crippen LogP contribution is 2.36. The van der Waals surface area contributed by atoms with Crippen LogP contribution in [0.1, 0.15) is 25.7 Å². The van der Waals surface area contributed by atoms with E-state index in [4.69, 9.17) is 5.73 Å². The summed E-state index contributed by atoms with van der Waals surface area (Å²) in [5, 5.41) is 0. The maximum absolute atomic E-state index is 5.47. The molecule has 0 atom stereocenters. The van der Waals surface area contributed by atoms with Crippen molar-refractivity contribution in [2.24, 2.45) is 11.7 Å². The molecule has 0 radical (unpaired) electrons. The number of nitrogens with two attached hydrogens (primary N) is 1. The standard InChI is InChI=1S/C11H15N/c12-8-11-3-1-2-10(7-11)6-9-4-5-9/h1-2,7-9H,3-6,12H2/b11-8+. The first kappa shape index (κ1) is 7.66. The molecule has 0 aromatic carbocycles. The summed E-state index contributed by atoms with van der Waals surface area (Å²) >= 11 is 0. The van der Waals surface area contributed by atoms with Crippen molar-refractivity contribution in [1.82, 2.24) is 0 Å². The van der Waals surface area contributed by atoms with E-state index in [0.717, 1.165) is 12.3 Å². The molecule has 1 heteroatoms. The Morgan fingerprint density at radius 1 is 1.50 bits per heavy atom. The van der Waals surface area contributed by atoms with E-state index >= 15 is 0 Å². The van der Waals surface area contributed by atoms with Gasteiger partial charge in [0.2, 0.25) is 0 Å². The molecular formula is C11H15N. The molecule has 0 saturated heterocycles. The third kappa shape index (κ3) is 1.79. The summed E-state index contributed by atoms with van der Waals surface area (Å²) < 4.78 is 0. The van der Waals surface area contributed by atoms with Crippen LogP contribution in [0.2, 0.25) is 0 Å². The van der Waals surface area contributed by atoms with Gasteiger partial charge in [0.25, 0.3) is 0 Å². The van der Waals surface area contributed by atoms with Gasteiger partial charge in [-0.15, -0.1) is 0 Å². The Kier molecular flexibility index (Phi) is 2.03. The van der Waals surface area contributed by atoms with Gasteiger partial charge in [-0.05, 0) is 48.9 Å². The molecule has 0 spiro atoms. The van der Waals surface area contributed by atoms with E-state index in [1.807, 2.05) is 0 Å². The predicted octanol–water partition coefficient (Wildman–Crippen LogP) is 2.52. The number of hydrogen-bond donors (Lipinski definition) is 1. The van der Waals surface area contributed by atoms with Crippen molar-refractivity contribution < 1.29 is 0 Å². The molecule has 0 bridgehead atoms. The SMILES string of the molecule is N/C=C1/C=C(CC2CC2)C=CC1. The molecule has 0 heterocycles. The Morgan fingerprint density at radius 3 is 3.00 bits per heavy atom. The van der Waals surface area contributed by atoms with Gasteiger partial charge < -0.3 is 5.73 Å². The van der Waals surface area contributed by atoms with Crippen LogP contribution in [0, 0.1) is 5.92 Å². The first-order valence-corrected chi connectivity index (χ1v) is 4.66.